The fraction of sp³-hybridized carbons (Fsp3) is 0.174. The summed E-state index contributed by atoms with van der Waals surface area (Å²) in [5.41, 5.74) is -0.499. The van der Waals surface area contributed by atoms with Gasteiger partial charge in [0.25, 0.3) is 0 Å². The summed E-state index contributed by atoms with van der Waals surface area (Å²) in [6, 6.07) is 13.5. The van der Waals surface area contributed by atoms with Crippen LogP contribution in [0.3, 0.4) is 0 Å². The Labute approximate surface area is 199 Å². The van der Waals surface area contributed by atoms with Crippen LogP contribution in [0, 0.1) is 12.7 Å². The van der Waals surface area contributed by atoms with E-state index in [0.717, 1.165) is 29.8 Å². The minimum Gasteiger partial charge on any atom is -0.325 e. The molecule has 0 radical (unpaired) electrons. The van der Waals surface area contributed by atoms with E-state index in [1.54, 1.807) is 19.1 Å². The number of nitrogens with one attached hydrogen (secondary N) is 1. The van der Waals surface area contributed by atoms with Crippen molar-refractivity contribution in [3.8, 4) is 0 Å². The van der Waals surface area contributed by atoms with Crippen LogP contribution in [0.25, 0.3) is 0 Å². The third kappa shape index (κ3) is 6.13. The molecule has 0 fully saturated rings. The zero-order valence-electron chi connectivity index (χ0n) is 17.7. The summed E-state index contributed by atoms with van der Waals surface area (Å²) in [5.74, 6) is -1.68. The lowest BCUT2D eigenvalue weighted by Crippen LogP contribution is -2.38. The fourth-order valence-corrected chi connectivity index (χ4v) is 4.67. The number of rotatable bonds is 7. The van der Waals surface area contributed by atoms with Crippen molar-refractivity contribution >= 4 is 33.2 Å². The first-order valence-corrected chi connectivity index (χ1v) is 11.7. The van der Waals surface area contributed by atoms with Crippen LogP contribution in [-0.2, 0) is 27.5 Å². The van der Waals surface area contributed by atoms with E-state index in [0.29, 0.717) is 4.31 Å². The summed E-state index contributed by atoms with van der Waals surface area (Å²) in [4.78, 5) is 12.5. The topological polar surface area (TPSA) is 66.5 Å². The molecular weight excluding hydrogens is 496 g/mol. The van der Waals surface area contributed by atoms with Crippen molar-refractivity contribution in [3.63, 3.8) is 0 Å². The summed E-state index contributed by atoms with van der Waals surface area (Å²) in [6.07, 6.45) is -4.62. The third-order valence-electron chi connectivity index (χ3n) is 4.85. The van der Waals surface area contributed by atoms with Crippen molar-refractivity contribution in [3.05, 3.63) is 94.3 Å². The molecule has 0 unspecified atom stereocenters. The maximum Gasteiger partial charge on any atom is 0.416 e. The highest BCUT2D eigenvalue weighted by atomic mass is 35.5. The van der Waals surface area contributed by atoms with Gasteiger partial charge in [-0.05, 0) is 49.4 Å². The van der Waals surface area contributed by atoms with Gasteiger partial charge in [-0.2, -0.15) is 17.5 Å². The second-order valence-corrected chi connectivity index (χ2v) is 9.76. The van der Waals surface area contributed by atoms with Crippen LogP contribution in [-0.4, -0.2) is 25.2 Å². The normalized spacial score (nSPS) is 12.1. The van der Waals surface area contributed by atoms with Crippen LogP contribution in [0.15, 0.2) is 71.6 Å². The Hall–Kier alpha value is -2.95. The first kappa shape index (κ1) is 25.7. The molecule has 0 aliphatic heterocycles. The van der Waals surface area contributed by atoms with Gasteiger partial charge in [-0.25, -0.2) is 12.8 Å². The molecule has 3 aromatic rings. The van der Waals surface area contributed by atoms with Crippen molar-refractivity contribution < 1.29 is 30.8 Å². The third-order valence-corrected chi connectivity index (χ3v) is 7.01. The molecule has 0 atom stereocenters. The number of hydrogen-bond acceptors (Lipinski definition) is 3. The monoisotopic (exact) mass is 514 g/mol. The molecule has 34 heavy (non-hydrogen) atoms. The second kappa shape index (κ2) is 10.1. The molecule has 3 aromatic carbocycles. The van der Waals surface area contributed by atoms with E-state index < -0.39 is 46.6 Å². The quantitative estimate of drug-likeness (QED) is 0.415. The molecule has 5 nitrogen and oxygen atoms in total. The van der Waals surface area contributed by atoms with Gasteiger partial charge < -0.3 is 5.32 Å². The van der Waals surface area contributed by atoms with E-state index in [1.165, 1.54) is 30.3 Å². The molecule has 0 heterocycles. The van der Waals surface area contributed by atoms with E-state index in [1.807, 2.05) is 0 Å². The molecule has 0 saturated heterocycles. The molecule has 1 amide bonds. The second-order valence-electron chi connectivity index (χ2n) is 7.41. The average molecular weight is 515 g/mol. The minimum absolute atomic E-state index is 0.0395. The molecule has 3 rings (SSSR count). The number of carbonyl (C=O) groups is 1. The van der Waals surface area contributed by atoms with Gasteiger partial charge in [0.1, 0.15) is 5.82 Å². The lowest BCUT2D eigenvalue weighted by atomic mass is 10.2. The lowest BCUT2D eigenvalue weighted by Gasteiger charge is -2.23. The number of sulfonamides is 1. The number of carbonyl (C=O) groups excluding carboxylic acids is 1. The molecule has 11 heteroatoms. The zero-order valence-corrected chi connectivity index (χ0v) is 19.3. The number of alkyl halides is 3. The van der Waals surface area contributed by atoms with E-state index in [-0.39, 0.29) is 21.2 Å². The molecular formula is C23H19ClF4N2O3S. The number of amides is 1. The maximum absolute atomic E-state index is 14.4. The van der Waals surface area contributed by atoms with Crippen molar-refractivity contribution in [1.82, 2.24) is 4.31 Å². The summed E-state index contributed by atoms with van der Waals surface area (Å²) >= 11 is 6.05. The number of aryl methyl sites for hydroxylation is 1. The first-order valence-electron chi connectivity index (χ1n) is 9.85. The van der Waals surface area contributed by atoms with Gasteiger partial charge in [-0.3, -0.25) is 4.79 Å². The minimum atomic E-state index is -4.62. The maximum atomic E-state index is 14.4. The molecule has 0 saturated carbocycles. The predicted octanol–water partition coefficient (Wildman–Crippen LogP) is 5.64. The highest BCUT2D eigenvalue weighted by Crippen LogP contribution is 2.31. The van der Waals surface area contributed by atoms with Crippen LogP contribution in [0.4, 0.5) is 23.2 Å². The van der Waals surface area contributed by atoms with Crippen molar-refractivity contribution in [2.75, 3.05) is 11.9 Å². The van der Waals surface area contributed by atoms with Crippen molar-refractivity contribution in [2.24, 2.45) is 0 Å². The molecule has 0 aliphatic rings. The summed E-state index contributed by atoms with van der Waals surface area (Å²) in [7, 11) is -4.30. The largest absolute Gasteiger partial charge is 0.416 e. The van der Waals surface area contributed by atoms with Crippen LogP contribution in [0.2, 0.25) is 5.02 Å². The van der Waals surface area contributed by atoms with Gasteiger partial charge in [0.2, 0.25) is 15.9 Å². The van der Waals surface area contributed by atoms with Gasteiger partial charge >= 0.3 is 6.18 Å². The number of nitrogens with zero attached hydrogens (tertiary/aromatic N) is 1. The summed E-state index contributed by atoms with van der Waals surface area (Å²) < 4.78 is 80.5. The Kier molecular flexibility index (Phi) is 7.64. The molecule has 0 bridgehead atoms. The molecule has 1 N–H and O–H groups in total. The number of halogens is 5. The Balaban J connectivity index is 1.92. The zero-order chi connectivity index (χ0) is 25.1. The average Bonchev–Trinajstić information content (AvgIpc) is 2.75. The lowest BCUT2D eigenvalue weighted by molar-refractivity contribution is -0.137. The molecule has 180 valence electrons. The smallest absolute Gasteiger partial charge is 0.325 e. The van der Waals surface area contributed by atoms with E-state index in [4.69, 9.17) is 11.6 Å². The SMILES string of the molecule is Cc1ccc(S(=O)(=O)N(CC(=O)Nc2cccc(C(F)(F)F)c2)Cc2c(F)cccc2Cl)cc1. The Bertz CT molecular complexity index is 1280. The van der Waals surface area contributed by atoms with E-state index in [9.17, 15) is 30.8 Å². The van der Waals surface area contributed by atoms with Gasteiger partial charge in [-0.1, -0.05) is 41.4 Å². The summed E-state index contributed by atoms with van der Waals surface area (Å²) in [5, 5.41) is 2.22. The van der Waals surface area contributed by atoms with Gasteiger partial charge in [0, 0.05) is 22.8 Å². The Morgan fingerprint density at radius 2 is 1.68 bits per heavy atom. The Morgan fingerprint density at radius 1 is 1.03 bits per heavy atom. The fourth-order valence-electron chi connectivity index (χ4n) is 3.08. The standard InChI is InChI=1S/C23H19ClF4N2O3S/c1-15-8-10-18(11-9-15)34(32,33)30(13-19-20(24)6-3-7-21(19)25)14-22(31)29-17-5-2-4-16(12-17)23(26,27)28/h2-12H,13-14H2,1H3,(H,29,31). The number of benzene rings is 3. The molecule has 0 aromatic heterocycles. The number of hydrogen-bond donors (Lipinski definition) is 1. The van der Waals surface area contributed by atoms with Crippen LogP contribution in [0.1, 0.15) is 16.7 Å². The predicted molar refractivity (Wildman–Crippen MR) is 120 cm³/mol. The Morgan fingerprint density at radius 3 is 2.29 bits per heavy atom. The van der Waals surface area contributed by atoms with Gasteiger partial charge in [0.15, 0.2) is 0 Å². The van der Waals surface area contributed by atoms with Gasteiger partial charge in [-0.15, -0.1) is 0 Å². The van der Waals surface area contributed by atoms with Crippen LogP contribution in [0.5, 0.6) is 0 Å². The highest BCUT2D eigenvalue weighted by molar-refractivity contribution is 7.89. The van der Waals surface area contributed by atoms with E-state index >= 15 is 0 Å². The van der Waals surface area contributed by atoms with E-state index in [2.05, 4.69) is 5.32 Å². The van der Waals surface area contributed by atoms with Crippen molar-refractivity contribution in [1.29, 1.82) is 0 Å². The highest BCUT2D eigenvalue weighted by Gasteiger charge is 2.31. The molecule has 0 aliphatic carbocycles. The first-order chi connectivity index (χ1) is 15.9. The van der Waals surface area contributed by atoms with Crippen LogP contribution >= 0.6 is 11.6 Å². The van der Waals surface area contributed by atoms with Crippen molar-refractivity contribution in [2.45, 2.75) is 24.5 Å². The van der Waals surface area contributed by atoms with Crippen LogP contribution < -0.4 is 5.32 Å². The van der Waals surface area contributed by atoms with Gasteiger partial charge in [0.05, 0.1) is 17.0 Å². The molecule has 0 spiro atoms. The summed E-state index contributed by atoms with van der Waals surface area (Å²) in [6.45, 7) is 0.393. The number of anilines is 1.